The smallest absolute Gasteiger partial charge is 0.269 e. The molecule has 1 atom stereocenters. The van der Waals surface area contributed by atoms with Crippen LogP contribution in [0.4, 0.5) is 16.5 Å². The van der Waals surface area contributed by atoms with Crippen LogP contribution >= 0.6 is 11.3 Å². The average molecular weight is 465 g/mol. The van der Waals surface area contributed by atoms with Crippen molar-refractivity contribution < 1.29 is 14.5 Å². The summed E-state index contributed by atoms with van der Waals surface area (Å²) in [6.45, 7) is 0. The van der Waals surface area contributed by atoms with E-state index in [2.05, 4.69) is 15.6 Å². The lowest BCUT2D eigenvalue weighted by Crippen LogP contribution is -2.30. The summed E-state index contributed by atoms with van der Waals surface area (Å²) in [5.74, 6) is -0.111. The van der Waals surface area contributed by atoms with Gasteiger partial charge in [0.2, 0.25) is 5.91 Å². The van der Waals surface area contributed by atoms with Crippen molar-refractivity contribution >= 4 is 39.7 Å². The zero-order valence-electron chi connectivity index (χ0n) is 17.9. The summed E-state index contributed by atoms with van der Waals surface area (Å²) >= 11 is 1.41. The van der Waals surface area contributed by atoms with E-state index in [1.165, 1.54) is 35.6 Å². The average Bonchev–Trinajstić information content (AvgIpc) is 3.53. The Balaban J connectivity index is 1.40. The molecule has 2 amide bonds. The van der Waals surface area contributed by atoms with Crippen molar-refractivity contribution in [1.82, 2.24) is 4.98 Å². The molecule has 1 saturated carbocycles. The van der Waals surface area contributed by atoms with Crippen LogP contribution in [0, 0.1) is 22.0 Å². The zero-order valence-corrected chi connectivity index (χ0v) is 18.7. The van der Waals surface area contributed by atoms with Gasteiger partial charge in [-0.3, -0.25) is 19.7 Å². The van der Waals surface area contributed by atoms with E-state index in [4.69, 9.17) is 0 Å². The standard InChI is InChI=1S/C24H24N4O4S/c29-22(18-7-11-20(12-8-18)28(31)32)26-19-9-5-16(6-10-19)15-21(17-3-1-2-4-17)23(30)27-24-25-13-14-33-24/h5-14,17,21H,1-4,15H2,(H,26,29)(H,25,27,30). The van der Waals surface area contributed by atoms with Gasteiger partial charge in [0.15, 0.2) is 5.13 Å². The zero-order chi connectivity index (χ0) is 23.2. The molecule has 2 N–H and O–H groups in total. The highest BCUT2D eigenvalue weighted by Crippen LogP contribution is 2.34. The maximum absolute atomic E-state index is 13.0. The van der Waals surface area contributed by atoms with Gasteiger partial charge in [-0.25, -0.2) is 4.98 Å². The van der Waals surface area contributed by atoms with E-state index < -0.39 is 4.92 Å². The topological polar surface area (TPSA) is 114 Å². The minimum absolute atomic E-state index is 0.00685. The number of carbonyl (C=O) groups is 2. The van der Waals surface area contributed by atoms with Crippen LogP contribution < -0.4 is 10.6 Å². The molecule has 3 aromatic rings. The fraction of sp³-hybridized carbons (Fsp3) is 0.292. The summed E-state index contributed by atoms with van der Waals surface area (Å²) < 4.78 is 0. The van der Waals surface area contributed by atoms with Gasteiger partial charge in [-0.1, -0.05) is 25.0 Å². The second kappa shape index (κ2) is 10.4. The predicted octanol–water partition coefficient (Wildman–Crippen LogP) is 5.29. The third kappa shape index (κ3) is 5.81. The van der Waals surface area contributed by atoms with Crippen LogP contribution in [0.15, 0.2) is 60.1 Å². The Morgan fingerprint density at radius 1 is 1.06 bits per heavy atom. The number of thiazole rings is 1. The number of benzene rings is 2. The monoisotopic (exact) mass is 464 g/mol. The van der Waals surface area contributed by atoms with Crippen molar-refractivity contribution in [2.24, 2.45) is 11.8 Å². The summed E-state index contributed by atoms with van der Waals surface area (Å²) in [6, 6.07) is 12.9. The third-order valence-electron chi connectivity index (χ3n) is 5.98. The van der Waals surface area contributed by atoms with Crippen LogP contribution in [0.1, 0.15) is 41.6 Å². The van der Waals surface area contributed by atoms with E-state index >= 15 is 0 Å². The van der Waals surface area contributed by atoms with Crippen molar-refractivity contribution in [1.29, 1.82) is 0 Å². The summed E-state index contributed by atoms with van der Waals surface area (Å²) in [5, 5.41) is 19.0. The molecule has 1 heterocycles. The van der Waals surface area contributed by atoms with Crippen molar-refractivity contribution in [2.75, 3.05) is 10.6 Å². The van der Waals surface area contributed by atoms with Crippen molar-refractivity contribution in [3.05, 3.63) is 81.3 Å². The lowest BCUT2D eigenvalue weighted by atomic mass is 9.85. The number of aromatic nitrogens is 1. The van der Waals surface area contributed by atoms with Gasteiger partial charge in [0, 0.05) is 40.9 Å². The molecular weight excluding hydrogens is 440 g/mol. The van der Waals surface area contributed by atoms with Gasteiger partial charge in [0.1, 0.15) is 0 Å². The van der Waals surface area contributed by atoms with E-state index in [1.807, 2.05) is 29.6 Å². The normalized spacial score (nSPS) is 14.5. The molecule has 1 aliphatic rings. The van der Waals surface area contributed by atoms with Crippen LogP contribution in [-0.4, -0.2) is 21.7 Å². The molecule has 1 aliphatic carbocycles. The van der Waals surface area contributed by atoms with Gasteiger partial charge >= 0.3 is 0 Å². The van der Waals surface area contributed by atoms with E-state index in [-0.39, 0.29) is 23.4 Å². The lowest BCUT2D eigenvalue weighted by molar-refractivity contribution is -0.384. The van der Waals surface area contributed by atoms with Crippen LogP contribution in [0.2, 0.25) is 0 Å². The van der Waals surface area contributed by atoms with Crippen LogP contribution in [0.5, 0.6) is 0 Å². The highest BCUT2D eigenvalue weighted by molar-refractivity contribution is 7.13. The predicted molar refractivity (Wildman–Crippen MR) is 127 cm³/mol. The summed E-state index contributed by atoms with van der Waals surface area (Å²) in [4.78, 5) is 39.9. The van der Waals surface area contributed by atoms with E-state index in [0.29, 0.717) is 28.7 Å². The molecule has 0 radical (unpaired) electrons. The molecule has 0 aliphatic heterocycles. The van der Waals surface area contributed by atoms with Gasteiger partial charge < -0.3 is 10.6 Å². The second-order valence-corrected chi connectivity index (χ2v) is 9.03. The first-order valence-electron chi connectivity index (χ1n) is 10.8. The molecule has 1 fully saturated rings. The summed E-state index contributed by atoms with van der Waals surface area (Å²) in [6.07, 6.45) is 6.71. The highest BCUT2D eigenvalue weighted by Gasteiger charge is 2.31. The number of nitrogens with zero attached hydrogens (tertiary/aromatic N) is 2. The number of nitro benzene ring substituents is 1. The van der Waals surface area contributed by atoms with Gasteiger partial charge in [-0.05, 0) is 55.0 Å². The number of nitrogens with one attached hydrogen (secondary N) is 2. The molecule has 1 unspecified atom stereocenters. The molecule has 170 valence electrons. The Kier molecular flexibility index (Phi) is 7.09. The Bertz CT molecular complexity index is 1110. The molecule has 2 aromatic carbocycles. The van der Waals surface area contributed by atoms with Crippen molar-refractivity contribution in [3.63, 3.8) is 0 Å². The number of hydrogen-bond donors (Lipinski definition) is 2. The number of amides is 2. The first-order chi connectivity index (χ1) is 16.0. The minimum Gasteiger partial charge on any atom is -0.322 e. The number of nitro groups is 1. The lowest BCUT2D eigenvalue weighted by Gasteiger charge is -2.22. The Hall–Kier alpha value is -3.59. The molecule has 0 bridgehead atoms. The van der Waals surface area contributed by atoms with Crippen molar-refractivity contribution in [2.45, 2.75) is 32.1 Å². The molecule has 33 heavy (non-hydrogen) atoms. The maximum atomic E-state index is 13.0. The van der Waals surface area contributed by atoms with E-state index in [1.54, 1.807) is 6.20 Å². The second-order valence-electron chi connectivity index (χ2n) is 8.14. The Morgan fingerprint density at radius 2 is 1.76 bits per heavy atom. The maximum Gasteiger partial charge on any atom is 0.269 e. The molecule has 0 saturated heterocycles. The molecule has 9 heteroatoms. The van der Waals surface area contributed by atoms with Gasteiger partial charge in [0.05, 0.1) is 4.92 Å². The summed E-state index contributed by atoms with van der Waals surface area (Å²) in [5.41, 5.74) is 1.91. The Morgan fingerprint density at radius 3 is 2.36 bits per heavy atom. The highest BCUT2D eigenvalue weighted by atomic mass is 32.1. The van der Waals surface area contributed by atoms with Gasteiger partial charge in [-0.2, -0.15) is 0 Å². The molecule has 1 aromatic heterocycles. The Labute approximate surface area is 195 Å². The number of carbonyl (C=O) groups excluding carboxylic acids is 2. The van der Waals surface area contributed by atoms with Crippen LogP contribution in [0.25, 0.3) is 0 Å². The van der Waals surface area contributed by atoms with Crippen molar-refractivity contribution in [3.8, 4) is 0 Å². The SMILES string of the molecule is O=C(Nc1ccc(CC(C(=O)Nc2nccs2)C2CCCC2)cc1)c1ccc([N+](=O)[O-])cc1. The first kappa shape index (κ1) is 22.6. The molecule has 0 spiro atoms. The fourth-order valence-corrected chi connectivity index (χ4v) is 4.76. The van der Waals surface area contributed by atoms with E-state index in [0.717, 1.165) is 31.2 Å². The largest absolute Gasteiger partial charge is 0.322 e. The molecule has 4 rings (SSSR count). The number of non-ortho nitro benzene ring substituents is 1. The van der Waals surface area contributed by atoms with Crippen LogP contribution in [-0.2, 0) is 11.2 Å². The third-order valence-corrected chi connectivity index (χ3v) is 6.66. The molecular formula is C24H24N4O4S. The van der Waals surface area contributed by atoms with Gasteiger partial charge in [-0.15, -0.1) is 11.3 Å². The fourth-order valence-electron chi connectivity index (χ4n) is 4.23. The number of anilines is 2. The minimum atomic E-state index is -0.504. The number of hydrogen-bond acceptors (Lipinski definition) is 6. The quantitative estimate of drug-likeness (QED) is 0.347. The van der Waals surface area contributed by atoms with Crippen LogP contribution in [0.3, 0.4) is 0 Å². The summed E-state index contributed by atoms with van der Waals surface area (Å²) in [7, 11) is 0. The number of rotatable bonds is 8. The first-order valence-corrected chi connectivity index (χ1v) is 11.7. The van der Waals surface area contributed by atoms with Gasteiger partial charge in [0.25, 0.3) is 11.6 Å². The van der Waals surface area contributed by atoms with E-state index in [9.17, 15) is 19.7 Å². The molecule has 8 nitrogen and oxygen atoms in total.